The Hall–Kier alpha value is -1.00. The van der Waals surface area contributed by atoms with Crippen LogP contribution in [0.4, 0.5) is 0 Å². The van der Waals surface area contributed by atoms with E-state index in [-0.39, 0.29) is 5.91 Å². The third-order valence-electron chi connectivity index (χ3n) is 4.10. The summed E-state index contributed by atoms with van der Waals surface area (Å²) in [5.41, 5.74) is 0.746. The SMILES string of the molecule is CSc1ccccc1C(=O)NCCO[C@H]1CCCC[C@H]1C. The van der Waals surface area contributed by atoms with E-state index in [1.54, 1.807) is 11.8 Å². The molecule has 0 spiro atoms. The Bertz CT molecular complexity index is 464. The fourth-order valence-electron chi connectivity index (χ4n) is 2.83. The van der Waals surface area contributed by atoms with Crippen LogP contribution in [-0.4, -0.2) is 31.4 Å². The highest BCUT2D eigenvalue weighted by Crippen LogP contribution is 2.26. The molecule has 0 saturated heterocycles. The average Bonchev–Trinajstić information content (AvgIpc) is 2.52. The minimum atomic E-state index is -0.0137. The van der Waals surface area contributed by atoms with Crippen molar-refractivity contribution in [2.75, 3.05) is 19.4 Å². The molecule has 21 heavy (non-hydrogen) atoms. The van der Waals surface area contributed by atoms with Crippen molar-refractivity contribution in [3.8, 4) is 0 Å². The van der Waals surface area contributed by atoms with Crippen LogP contribution in [0.3, 0.4) is 0 Å². The Balaban J connectivity index is 1.74. The Morgan fingerprint density at radius 2 is 2.10 bits per heavy atom. The first kappa shape index (κ1) is 16.4. The van der Waals surface area contributed by atoms with Gasteiger partial charge in [0.05, 0.1) is 18.3 Å². The number of carbonyl (C=O) groups is 1. The first-order valence-corrected chi connectivity index (χ1v) is 8.97. The largest absolute Gasteiger partial charge is 0.376 e. The van der Waals surface area contributed by atoms with Gasteiger partial charge in [0.2, 0.25) is 0 Å². The smallest absolute Gasteiger partial charge is 0.252 e. The first-order valence-electron chi connectivity index (χ1n) is 7.75. The predicted molar refractivity (Wildman–Crippen MR) is 87.9 cm³/mol. The second-order valence-electron chi connectivity index (χ2n) is 5.63. The molecule has 1 aromatic rings. The molecular weight excluding hydrogens is 282 g/mol. The number of ether oxygens (including phenoxy) is 1. The van der Waals surface area contributed by atoms with Crippen molar-refractivity contribution in [3.63, 3.8) is 0 Å². The maximum absolute atomic E-state index is 12.2. The van der Waals surface area contributed by atoms with Crippen LogP contribution in [0.25, 0.3) is 0 Å². The second-order valence-corrected chi connectivity index (χ2v) is 6.48. The van der Waals surface area contributed by atoms with Gasteiger partial charge in [-0.1, -0.05) is 31.9 Å². The van der Waals surface area contributed by atoms with Gasteiger partial charge in [-0.25, -0.2) is 0 Å². The van der Waals surface area contributed by atoms with Gasteiger partial charge in [-0.3, -0.25) is 4.79 Å². The van der Waals surface area contributed by atoms with Crippen molar-refractivity contribution in [3.05, 3.63) is 29.8 Å². The fourth-order valence-corrected chi connectivity index (χ4v) is 3.43. The Morgan fingerprint density at radius 1 is 1.33 bits per heavy atom. The van der Waals surface area contributed by atoms with Crippen LogP contribution in [0.1, 0.15) is 43.0 Å². The van der Waals surface area contributed by atoms with E-state index in [2.05, 4.69) is 12.2 Å². The summed E-state index contributed by atoms with van der Waals surface area (Å²) in [5, 5.41) is 2.95. The lowest BCUT2D eigenvalue weighted by molar-refractivity contribution is -0.00294. The van der Waals surface area contributed by atoms with E-state index in [1.807, 2.05) is 30.5 Å². The van der Waals surface area contributed by atoms with Crippen molar-refractivity contribution in [2.24, 2.45) is 5.92 Å². The van der Waals surface area contributed by atoms with Gasteiger partial charge < -0.3 is 10.1 Å². The van der Waals surface area contributed by atoms with Gasteiger partial charge in [0.15, 0.2) is 0 Å². The number of nitrogens with one attached hydrogen (secondary N) is 1. The summed E-state index contributed by atoms with van der Waals surface area (Å²) in [6, 6.07) is 7.69. The Kier molecular flexibility index (Phi) is 6.58. The van der Waals surface area contributed by atoms with Gasteiger partial charge in [-0.05, 0) is 37.1 Å². The molecule has 1 amide bonds. The lowest BCUT2D eigenvalue weighted by Gasteiger charge is -2.28. The van der Waals surface area contributed by atoms with Crippen molar-refractivity contribution in [1.82, 2.24) is 5.32 Å². The number of hydrogen-bond donors (Lipinski definition) is 1. The van der Waals surface area contributed by atoms with E-state index in [0.717, 1.165) is 16.9 Å². The van der Waals surface area contributed by atoms with Crippen LogP contribution in [0, 0.1) is 5.92 Å². The molecule has 1 N–H and O–H groups in total. The first-order chi connectivity index (χ1) is 10.2. The number of carbonyl (C=O) groups excluding carboxylic acids is 1. The normalized spacial score (nSPS) is 22.0. The van der Waals surface area contributed by atoms with E-state index in [9.17, 15) is 4.79 Å². The van der Waals surface area contributed by atoms with E-state index in [1.165, 1.54) is 19.3 Å². The van der Waals surface area contributed by atoms with Gasteiger partial charge in [-0.15, -0.1) is 11.8 Å². The third kappa shape index (κ3) is 4.75. The topological polar surface area (TPSA) is 38.3 Å². The molecule has 1 saturated carbocycles. The zero-order valence-corrected chi connectivity index (χ0v) is 13.7. The maximum atomic E-state index is 12.2. The molecule has 0 aromatic heterocycles. The van der Waals surface area contributed by atoms with Crippen LogP contribution >= 0.6 is 11.8 Å². The maximum Gasteiger partial charge on any atom is 0.252 e. The highest BCUT2D eigenvalue weighted by molar-refractivity contribution is 7.98. The molecule has 0 unspecified atom stereocenters. The van der Waals surface area contributed by atoms with Crippen molar-refractivity contribution >= 4 is 17.7 Å². The molecule has 1 aromatic carbocycles. The molecule has 0 radical (unpaired) electrons. The van der Waals surface area contributed by atoms with Gasteiger partial charge in [0.1, 0.15) is 0 Å². The zero-order valence-electron chi connectivity index (χ0n) is 12.9. The van der Waals surface area contributed by atoms with E-state index >= 15 is 0 Å². The van der Waals surface area contributed by atoms with Crippen LogP contribution in [0.15, 0.2) is 29.2 Å². The molecule has 0 bridgehead atoms. The van der Waals surface area contributed by atoms with Gasteiger partial charge in [0.25, 0.3) is 5.91 Å². The number of benzene rings is 1. The molecule has 0 heterocycles. The number of rotatable bonds is 6. The molecule has 2 rings (SSSR count). The van der Waals surface area contributed by atoms with E-state index in [4.69, 9.17) is 4.74 Å². The van der Waals surface area contributed by atoms with Crippen molar-refractivity contribution in [2.45, 2.75) is 43.6 Å². The number of hydrogen-bond acceptors (Lipinski definition) is 3. The molecule has 2 atom stereocenters. The quantitative estimate of drug-likeness (QED) is 0.643. The van der Waals surface area contributed by atoms with Crippen LogP contribution in [0.5, 0.6) is 0 Å². The van der Waals surface area contributed by atoms with Crippen LogP contribution in [-0.2, 0) is 4.74 Å². The predicted octanol–water partition coefficient (Wildman–Crippen LogP) is 3.73. The monoisotopic (exact) mass is 307 g/mol. The summed E-state index contributed by atoms with van der Waals surface area (Å²) in [6.45, 7) is 3.43. The summed E-state index contributed by atoms with van der Waals surface area (Å²) in [6.07, 6.45) is 7.36. The van der Waals surface area contributed by atoms with Crippen LogP contribution < -0.4 is 5.32 Å². The molecule has 1 aliphatic rings. The van der Waals surface area contributed by atoms with Crippen molar-refractivity contribution in [1.29, 1.82) is 0 Å². The van der Waals surface area contributed by atoms with Gasteiger partial charge >= 0.3 is 0 Å². The number of amides is 1. The molecule has 3 nitrogen and oxygen atoms in total. The molecule has 116 valence electrons. The summed E-state index contributed by atoms with van der Waals surface area (Å²) in [7, 11) is 0. The molecule has 4 heteroatoms. The lowest BCUT2D eigenvalue weighted by atomic mass is 9.88. The molecule has 1 aliphatic carbocycles. The lowest BCUT2D eigenvalue weighted by Crippen LogP contribution is -2.32. The molecule has 1 fully saturated rings. The highest BCUT2D eigenvalue weighted by atomic mass is 32.2. The van der Waals surface area contributed by atoms with E-state index in [0.29, 0.717) is 25.2 Å². The van der Waals surface area contributed by atoms with Gasteiger partial charge in [-0.2, -0.15) is 0 Å². The summed E-state index contributed by atoms with van der Waals surface area (Å²) in [4.78, 5) is 13.2. The average molecular weight is 307 g/mol. The third-order valence-corrected chi connectivity index (χ3v) is 4.90. The Labute approximate surface area is 131 Å². The second kappa shape index (κ2) is 8.44. The summed E-state index contributed by atoms with van der Waals surface area (Å²) < 4.78 is 5.92. The molecule has 0 aliphatic heterocycles. The zero-order chi connectivity index (χ0) is 15.1. The standard InChI is InChI=1S/C17H25NO2S/c1-13-7-3-5-9-15(13)20-12-11-18-17(19)14-8-4-6-10-16(14)21-2/h4,6,8,10,13,15H,3,5,7,9,11-12H2,1-2H3,(H,18,19)/t13-,15+/m1/s1. The highest BCUT2D eigenvalue weighted by Gasteiger charge is 2.21. The van der Waals surface area contributed by atoms with Gasteiger partial charge in [0, 0.05) is 11.4 Å². The minimum absolute atomic E-state index is 0.0137. The Morgan fingerprint density at radius 3 is 2.86 bits per heavy atom. The minimum Gasteiger partial charge on any atom is -0.376 e. The molecular formula is C17H25NO2S. The van der Waals surface area contributed by atoms with E-state index < -0.39 is 0 Å². The fraction of sp³-hybridized carbons (Fsp3) is 0.588. The number of thioether (sulfide) groups is 1. The summed E-state index contributed by atoms with van der Waals surface area (Å²) in [5.74, 6) is 0.631. The summed E-state index contributed by atoms with van der Waals surface area (Å²) >= 11 is 1.59. The van der Waals surface area contributed by atoms with Crippen molar-refractivity contribution < 1.29 is 9.53 Å². The van der Waals surface area contributed by atoms with Crippen LogP contribution in [0.2, 0.25) is 0 Å².